The number of esters is 1. The van der Waals surface area contributed by atoms with Gasteiger partial charge in [-0.1, -0.05) is 49.9 Å². The number of rotatable bonds is 8. The number of thioether (sulfide) groups is 1. The number of nitrogens with two attached hydrogens (primary N) is 1. The van der Waals surface area contributed by atoms with Gasteiger partial charge in [0.1, 0.15) is 28.5 Å². The number of carbonyl (C=O) groups is 1. The normalized spacial score (nSPS) is 17.4. The lowest BCUT2D eigenvalue weighted by molar-refractivity contribution is -0.139. The highest BCUT2D eigenvalue weighted by atomic mass is 32.2. The average molecular weight is 569 g/mol. The third-order valence-electron chi connectivity index (χ3n) is 6.69. The molecule has 208 valence electrons. The molecule has 0 spiro atoms. The van der Waals surface area contributed by atoms with E-state index in [4.69, 9.17) is 15.2 Å². The SMILES string of the molecule is CCOC(=O)C1=C(CSc2nc(C3CC3)cc(C(F)(F)F)c2C#N)OC(N)=C(C#N)C1c1ccc(C(C)C)cc1. The van der Waals surface area contributed by atoms with E-state index >= 15 is 0 Å². The molecule has 4 rings (SSSR count). The number of hydrogen-bond acceptors (Lipinski definition) is 8. The molecule has 2 aliphatic rings. The second-order valence-corrected chi connectivity index (χ2v) is 10.7. The fraction of sp³-hybridized carbons (Fsp3) is 0.379. The standard InChI is InChI=1S/C29H27F3N4O3S/c1-4-38-28(37)25-23(39-26(35)20(13-34)24(25)18-9-5-16(6-10-18)15(2)3)14-40-27-19(12-33)21(29(30,31)32)11-22(36-27)17-7-8-17/h5-6,9-11,15,17,24H,4,7-8,14,35H2,1-3H3. The minimum atomic E-state index is -4.74. The number of hydrogen-bond donors (Lipinski definition) is 1. The summed E-state index contributed by atoms with van der Waals surface area (Å²) in [6.45, 7) is 5.74. The number of halogens is 3. The second kappa shape index (κ2) is 11.6. The summed E-state index contributed by atoms with van der Waals surface area (Å²) in [6, 6.07) is 12.0. The number of carbonyl (C=O) groups excluding carboxylic acids is 1. The van der Waals surface area contributed by atoms with Gasteiger partial charge in [-0.05, 0) is 42.9 Å². The van der Waals surface area contributed by atoms with Gasteiger partial charge in [0, 0.05) is 11.6 Å². The zero-order valence-corrected chi connectivity index (χ0v) is 22.9. The van der Waals surface area contributed by atoms with Crippen molar-refractivity contribution in [3.8, 4) is 12.1 Å². The molecule has 0 amide bonds. The Hall–Kier alpha value is -3.96. The van der Waals surface area contributed by atoms with E-state index in [0.717, 1.165) is 36.2 Å². The van der Waals surface area contributed by atoms with Crippen molar-refractivity contribution in [1.29, 1.82) is 10.5 Å². The molecule has 1 atom stereocenters. The fourth-order valence-electron chi connectivity index (χ4n) is 4.46. The van der Waals surface area contributed by atoms with Crippen molar-refractivity contribution in [2.24, 2.45) is 5.73 Å². The molecule has 7 nitrogen and oxygen atoms in total. The zero-order chi connectivity index (χ0) is 29.2. The van der Waals surface area contributed by atoms with Crippen molar-refractivity contribution in [1.82, 2.24) is 4.98 Å². The van der Waals surface area contributed by atoms with Gasteiger partial charge in [0.15, 0.2) is 0 Å². The van der Waals surface area contributed by atoms with Crippen molar-refractivity contribution in [3.05, 3.63) is 81.1 Å². The minimum Gasteiger partial charge on any atom is -0.463 e. The van der Waals surface area contributed by atoms with E-state index < -0.39 is 29.2 Å². The molecule has 1 unspecified atom stereocenters. The molecule has 1 saturated carbocycles. The number of alkyl halides is 3. The second-order valence-electron chi connectivity index (χ2n) is 9.75. The maximum absolute atomic E-state index is 13.8. The number of allylic oxidation sites excluding steroid dienone is 1. The van der Waals surface area contributed by atoms with E-state index in [-0.39, 0.29) is 57.7 Å². The van der Waals surface area contributed by atoms with Crippen LogP contribution in [-0.4, -0.2) is 23.3 Å². The van der Waals surface area contributed by atoms with Crippen LogP contribution in [0.1, 0.15) is 79.3 Å². The molecule has 0 radical (unpaired) electrons. The highest BCUT2D eigenvalue weighted by Crippen LogP contribution is 2.45. The van der Waals surface area contributed by atoms with E-state index in [2.05, 4.69) is 4.98 Å². The first-order chi connectivity index (χ1) is 19.0. The molecule has 40 heavy (non-hydrogen) atoms. The van der Waals surface area contributed by atoms with Crippen molar-refractivity contribution < 1.29 is 27.4 Å². The van der Waals surface area contributed by atoms with Crippen LogP contribution < -0.4 is 5.73 Å². The van der Waals surface area contributed by atoms with Gasteiger partial charge in [0.2, 0.25) is 5.88 Å². The van der Waals surface area contributed by atoms with Crippen LogP contribution in [-0.2, 0) is 20.4 Å². The van der Waals surface area contributed by atoms with E-state index in [1.54, 1.807) is 25.1 Å². The number of aromatic nitrogens is 1. The Balaban J connectivity index is 1.80. The van der Waals surface area contributed by atoms with Gasteiger partial charge >= 0.3 is 12.1 Å². The monoisotopic (exact) mass is 568 g/mol. The topological polar surface area (TPSA) is 122 Å². The van der Waals surface area contributed by atoms with E-state index in [9.17, 15) is 28.5 Å². The van der Waals surface area contributed by atoms with Crippen LogP contribution in [0.25, 0.3) is 0 Å². The first kappa shape index (κ1) is 29.0. The van der Waals surface area contributed by atoms with Gasteiger partial charge in [-0.2, -0.15) is 23.7 Å². The van der Waals surface area contributed by atoms with Crippen LogP contribution in [0.5, 0.6) is 0 Å². The van der Waals surface area contributed by atoms with Gasteiger partial charge in [-0.25, -0.2) is 9.78 Å². The summed E-state index contributed by atoms with van der Waals surface area (Å²) < 4.78 is 52.5. The van der Waals surface area contributed by atoms with E-state index in [1.807, 2.05) is 32.0 Å². The largest absolute Gasteiger partial charge is 0.463 e. The average Bonchev–Trinajstić information content (AvgIpc) is 3.76. The first-order valence-corrected chi connectivity index (χ1v) is 13.7. The quantitative estimate of drug-likeness (QED) is 0.287. The molecule has 1 aromatic heterocycles. The molecule has 1 aromatic carbocycles. The molecule has 2 N–H and O–H groups in total. The van der Waals surface area contributed by atoms with Crippen LogP contribution in [0.3, 0.4) is 0 Å². The third kappa shape index (κ3) is 5.95. The Bertz CT molecular complexity index is 1460. The van der Waals surface area contributed by atoms with Gasteiger partial charge in [-0.3, -0.25) is 0 Å². The maximum Gasteiger partial charge on any atom is 0.417 e. The number of pyridine rings is 1. The van der Waals surface area contributed by atoms with Crippen molar-refractivity contribution in [2.45, 2.75) is 62.6 Å². The fourth-order valence-corrected chi connectivity index (χ4v) is 5.42. The summed E-state index contributed by atoms with van der Waals surface area (Å²) in [5.74, 6) is -1.88. The number of ether oxygens (including phenoxy) is 2. The molecule has 0 saturated heterocycles. The highest BCUT2D eigenvalue weighted by molar-refractivity contribution is 7.99. The van der Waals surface area contributed by atoms with Crippen LogP contribution in [0.15, 0.2) is 58.1 Å². The maximum atomic E-state index is 13.8. The summed E-state index contributed by atoms with van der Waals surface area (Å²) in [5, 5.41) is 19.4. The predicted molar refractivity (Wildman–Crippen MR) is 141 cm³/mol. The third-order valence-corrected chi connectivity index (χ3v) is 7.66. The number of nitriles is 2. The minimum absolute atomic E-state index is 0.0139. The lowest BCUT2D eigenvalue weighted by atomic mass is 9.82. The van der Waals surface area contributed by atoms with Crippen molar-refractivity contribution in [2.75, 3.05) is 12.4 Å². The van der Waals surface area contributed by atoms with E-state index in [1.165, 1.54) is 0 Å². The summed E-state index contributed by atoms with van der Waals surface area (Å²) in [6.07, 6.45) is -3.31. The van der Waals surface area contributed by atoms with Crippen LogP contribution >= 0.6 is 11.8 Å². The highest BCUT2D eigenvalue weighted by Gasteiger charge is 2.40. The molecular weight excluding hydrogens is 541 g/mol. The lowest BCUT2D eigenvalue weighted by Gasteiger charge is -2.28. The smallest absolute Gasteiger partial charge is 0.417 e. The Morgan fingerprint density at radius 3 is 2.42 bits per heavy atom. The predicted octanol–water partition coefficient (Wildman–Crippen LogP) is 6.39. The molecule has 1 fully saturated rings. The van der Waals surface area contributed by atoms with Gasteiger partial charge in [-0.15, -0.1) is 0 Å². The Morgan fingerprint density at radius 2 is 1.90 bits per heavy atom. The van der Waals surface area contributed by atoms with Crippen LogP contribution in [0, 0.1) is 22.7 Å². The van der Waals surface area contributed by atoms with Crippen LogP contribution in [0.4, 0.5) is 13.2 Å². The molecule has 1 aliphatic carbocycles. The molecule has 11 heteroatoms. The molecule has 1 aliphatic heterocycles. The van der Waals surface area contributed by atoms with Crippen LogP contribution in [0.2, 0.25) is 0 Å². The molecule has 2 heterocycles. The van der Waals surface area contributed by atoms with Gasteiger partial charge in [0.25, 0.3) is 0 Å². The first-order valence-electron chi connectivity index (χ1n) is 12.7. The summed E-state index contributed by atoms with van der Waals surface area (Å²) in [7, 11) is 0. The summed E-state index contributed by atoms with van der Waals surface area (Å²) in [5.41, 5.74) is 6.43. The summed E-state index contributed by atoms with van der Waals surface area (Å²) in [4.78, 5) is 17.6. The Morgan fingerprint density at radius 1 is 1.23 bits per heavy atom. The van der Waals surface area contributed by atoms with Gasteiger partial charge in [0.05, 0.1) is 35.0 Å². The van der Waals surface area contributed by atoms with Crippen molar-refractivity contribution in [3.63, 3.8) is 0 Å². The molecule has 0 bridgehead atoms. The van der Waals surface area contributed by atoms with Crippen molar-refractivity contribution >= 4 is 17.7 Å². The zero-order valence-electron chi connectivity index (χ0n) is 22.1. The lowest BCUT2D eigenvalue weighted by Crippen LogP contribution is -2.27. The Kier molecular flexibility index (Phi) is 8.45. The number of benzene rings is 1. The molecule has 2 aromatic rings. The van der Waals surface area contributed by atoms with E-state index in [0.29, 0.717) is 5.56 Å². The Labute approximate surface area is 234 Å². The molecular formula is C29H27F3N4O3S. The number of nitrogens with zero attached hydrogens (tertiary/aromatic N) is 3. The van der Waals surface area contributed by atoms with Gasteiger partial charge < -0.3 is 15.2 Å². The summed E-state index contributed by atoms with van der Waals surface area (Å²) >= 11 is 0.836.